The summed E-state index contributed by atoms with van der Waals surface area (Å²) in [5.74, 6) is 1.19. The van der Waals surface area contributed by atoms with Gasteiger partial charge in [0.25, 0.3) is 0 Å². The Morgan fingerprint density at radius 3 is 2.67 bits per heavy atom. The van der Waals surface area contributed by atoms with Crippen LogP contribution in [0.3, 0.4) is 0 Å². The van der Waals surface area contributed by atoms with Gasteiger partial charge in [-0.25, -0.2) is 0 Å². The van der Waals surface area contributed by atoms with Crippen LogP contribution in [0.5, 0.6) is 11.5 Å². The van der Waals surface area contributed by atoms with Gasteiger partial charge in [0.05, 0.1) is 30.8 Å². The first-order chi connectivity index (χ1) is 13.0. The Hall–Kier alpha value is -2.75. The number of nitrogens with one attached hydrogen (secondary N) is 1. The third-order valence-electron chi connectivity index (χ3n) is 3.77. The Labute approximate surface area is 164 Å². The molecule has 0 saturated heterocycles. The van der Waals surface area contributed by atoms with Crippen LogP contribution in [0.1, 0.15) is 18.1 Å². The number of carbonyl (C=O) groups is 1. The summed E-state index contributed by atoms with van der Waals surface area (Å²) in [4.78, 5) is 14.1. The van der Waals surface area contributed by atoms with Crippen molar-refractivity contribution >= 4 is 23.2 Å². The van der Waals surface area contributed by atoms with E-state index < -0.39 is 0 Å². The van der Waals surface area contributed by atoms with Crippen molar-refractivity contribution in [2.45, 2.75) is 13.5 Å². The second-order valence-electron chi connectivity index (χ2n) is 5.95. The Balaban J connectivity index is 1.95. The van der Waals surface area contributed by atoms with E-state index in [1.807, 2.05) is 43.1 Å². The van der Waals surface area contributed by atoms with E-state index >= 15 is 0 Å². The van der Waals surface area contributed by atoms with Crippen molar-refractivity contribution in [3.05, 3.63) is 52.5 Å². The summed E-state index contributed by atoms with van der Waals surface area (Å²) in [5, 5.41) is 12.0. The maximum absolute atomic E-state index is 12.2. The number of likely N-dealkylation sites (N-methyl/N-ethyl adjacent to an activating group) is 1. The number of hydrogen-bond acceptors (Lipinski definition) is 5. The van der Waals surface area contributed by atoms with Gasteiger partial charge in [0.1, 0.15) is 6.07 Å². The Morgan fingerprint density at radius 1 is 1.26 bits per heavy atom. The average molecular weight is 388 g/mol. The standard InChI is InChI=1S/C20H22ClN3O3/c1-4-27-18-8-5-14(9-19(18)26-3)12-24(2)13-20(25)23-16-7-6-15(11-22)17(21)10-16/h5-10H,4,12-13H2,1-3H3,(H,23,25). The van der Waals surface area contributed by atoms with E-state index in [1.165, 1.54) is 0 Å². The van der Waals surface area contributed by atoms with Crippen molar-refractivity contribution in [1.29, 1.82) is 5.26 Å². The number of anilines is 1. The number of nitrogens with zero attached hydrogens (tertiary/aromatic N) is 2. The summed E-state index contributed by atoms with van der Waals surface area (Å²) < 4.78 is 10.9. The molecule has 0 saturated carbocycles. The smallest absolute Gasteiger partial charge is 0.238 e. The molecule has 7 heteroatoms. The van der Waals surface area contributed by atoms with E-state index in [1.54, 1.807) is 25.3 Å². The fourth-order valence-electron chi connectivity index (χ4n) is 2.58. The fourth-order valence-corrected chi connectivity index (χ4v) is 2.80. The molecule has 1 amide bonds. The summed E-state index contributed by atoms with van der Waals surface area (Å²) in [6.45, 7) is 3.26. The highest BCUT2D eigenvalue weighted by Gasteiger charge is 2.11. The third kappa shape index (κ3) is 5.88. The van der Waals surface area contributed by atoms with Crippen molar-refractivity contribution in [3.8, 4) is 17.6 Å². The molecule has 0 spiro atoms. The van der Waals surface area contributed by atoms with Crippen LogP contribution in [0, 0.1) is 11.3 Å². The van der Waals surface area contributed by atoms with Gasteiger partial charge in [-0.1, -0.05) is 17.7 Å². The molecule has 0 aliphatic carbocycles. The van der Waals surface area contributed by atoms with Crippen molar-refractivity contribution in [1.82, 2.24) is 4.90 Å². The maximum Gasteiger partial charge on any atom is 0.238 e. The molecule has 0 fully saturated rings. The van der Waals surface area contributed by atoms with Crippen LogP contribution in [-0.4, -0.2) is 38.1 Å². The molecule has 0 unspecified atom stereocenters. The van der Waals surface area contributed by atoms with Crippen LogP contribution < -0.4 is 14.8 Å². The summed E-state index contributed by atoms with van der Waals surface area (Å²) >= 11 is 5.98. The molecule has 0 radical (unpaired) electrons. The molecule has 0 aliphatic rings. The zero-order valence-electron chi connectivity index (χ0n) is 15.6. The van der Waals surface area contributed by atoms with Crippen molar-refractivity contribution in [2.24, 2.45) is 0 Å². The summed E-state index contributed by atoms with van der Waals surface area (Å²) in [5.41, 5.74) is 1.93. The van der Waals surface area contributed by atoms with Gasteiger partial charge in [-0.05, 0) is 49.9 Å². The number of carbonyl (C=O) groups excluding carboxylic acids is 1. The number of halogens is 1. The van der Waals surface area contributed by atoms with E-state index in [9.17, 15) is 4.79 Å². The molecule has 6 nitrogen and oxygen atoms in total. The first-order valence-corrected chi connectivity index (χ1v) is 8.82. The Bertz CT molecular complexity index is 849. The van der Waals surface area contributed by atoms with Crippen LogP contribution >= 0.6 is 11.6 Å². The highest BCUT2D eigenvalue weighted by atomic mass is 35.5. The zero-order chi connectivity index (χ0) is 19.8. The van der Waals surface area contributed by atoms with Gasteiger partial charge in [-0.15, -0.1) is 0 Å². The highest BCUT2D eigenvalue weighted by molar-refractivity contribution is 6.32. The number of nitriles is 1. The van der Waals surface area contributed by atoms with Crippen LogP contribution in [0.25, 0.3) is 0 Å². The van der Waals surface area contributed by atoms with Crippen LogP contribution in [-0.2, 0) is 11.3 Å². The number of amides is 1. The number of rotatable bonds is 8. The molecular formula is C20H22ClN3O3. The molecule has 0 atom stereocenters. The molecule has 2 rings (SSSR count). The SMILES string of the molecule is CCOc1ccc(CN(C)CC(=O)Nc2ccc(C#N)c(Cl)c2)cc1OC. The molecule has 0 bridgehead atoms. The van der Waals surface area contributed by atoms with E-state index in [2.05, 4.69) is 5.32 Å². The predicted molar refractivity (Wildman–Crippen MR) is 105 cm³/mol. The minimum Gasteiger partial charge on any atom is -0.493 e. The van der Waals surface area contributed by atoms with E-state index in [0.29, 0.717) is 40.9 Å². The molecule has 0 aliphatic heterocycles. The molecule has 0 heterocycles. The minimum atomic E-state index is -0.170. The average Bonchev–Trinajstić information content (AvgIpc) is 2.63. The lowest BCUT2D eigenvalue weighted by Gasteiger charge is -2.18. The summed E-state index contributed by atoms with van der Waals surface area (Å²) in [6, 6.07) is 12.5. The first-order valence-electron chi connectivity index (χ1n) is 8.44. The second kappa shape index (κ2) is 9.81. The van der Waals surface area contributed by atoms with E-state index in [0.717, 1.165) is 5.56 Å². The lowest BCUT2D eigenvalue weighted by atomic mass is 10.2. The van der Waals surface area contributed by atoms with Gasteiger partial charge in [0, 0.05) is 12.2 Å². The predicted octanol–water partition coefficient (Wildman–Crippen LogP) is 3.69. The van der Waals surface area contributed by atoms with E-state index in [-0.39, 0.29) is 12.5 Å². The lowest BCUT2D eigenvalue weighted by Crippen LogP contribution is -2.29. The molecule has 2 aromatic carbocycles. The number of ether oxygens (including phenoxy) is 2. The Morgan fingerprint density at radius 2 is 2.04 bits per heavy atom. The van der Waals surface area contributed by atoms with Crippen LogP contribution in [0.15, 0.2) is 36.4 Å². The number of methoxy groups -OCH3 is 1. The summed E-state index contributed by atoms with van der Waals surface area (Å²) in [7, 11) is 3.45. The molecule has 142 valence electrons. The third-order valence-corrected chi connectivity index (χ3v) is 4.08. The molecular weight excluding hydrogens is 366 g/mol. The van der Waals surface area contributed by atoms with Crippen molar-refractivity contribution < 1.29 is 14.3 Å². The largest absolute Gasteiger partial charge is 0.493 e. The number of benzene rings is 2. The van der Waals surface area contributed by atoms with Gasteiger partial charge < -0.3 is 14.8 Å². The van der Waals surface area contributed by atoms with Crippen molar-refractivity contribution in [3.63, 3.8) is 0 Å². The maximum atomic E-state index is 12.2. The molecule has 27 heavy (non-hydrogen) atoms. The van der Waals surface area contributed by atoms with Gasteiger partial charge in [0.2, 0.25) is 5.91 Å². The Kier molecular flexibility index (Phi) is 7.47. The first kappa shape index (κ1) is 20.6. The van der Waals surface area contributed by atoms with Gasteiger partial charge in [0.15, 0.2) is 11.5 Å². The molecule has 2 aromatic rings. The second-order valence-corrected chi connectivity index (χ2v) is 6.35. The quantitative estimate of drug-likeness (QED) is 0.747. The lowest BCUT2D eigenvalue weighted by molar-refractivity contribution is -0.117. The molecule has 1 N–H and O–H groups in total. The van der Waals surface area contributed by atoms with Crippen LogP contribution in [0.4, 0.5) is 5.69 Å². The topological polar surface area (TPSA) is 74.6 Å². The fraction of sp³-hybridized carbons (Fsp3) is 0.300. The number of hydrogen-bond donors (Lipinski definition) is 1. The van der Waals surface area contributed by atoms with Crippen molar-refractivity contribution in [2.75, 3.05) is 32.6 Å². The normalized spacial score (nSPS) is 10.4. The zero-order valence-corrected chi connectivity index (χ0v) is 16.3. The van der Waals surface area contributed by atoms with Gasteiger partial charge >= 0.3 is 0 Å². The monoisotopic (exact) mass is 387 g/mol. The minimum absolute atomic E-state index is 0.170. The van der Waals surface area contributed by atoms with Crippen LogP contribution in [0.2, 0.25) is 5.02 Å². The van der Waals surface area contributed by atoms with Gasteiger partial charge in [-0.2, -0.15) is 5.26 Å². The van der Waals surface area contributed by atoms with Gasteiger partial charge in [-0.3, -0.25) is 9.69 Å². The van der Waals surface area contributed by atoms with E-state index in [4.69, 9.17) is 26.3 Å². The summed E-state index contributed by atoms with van der Waals surface area (Å²) in [6.07, 6.45) is 0. The molecule has 0 aromatic heterocycles. The highest BCUT2D eigenvalue weighted by Crippen LogP contribution is 2.28.